The van der Waals surface area contributed by atoms with Gasteiger partial charge in [0, 0.05) is 19.3 Å². The van der Waals surface area contributed by atoms with Crippen LogP contribution < -0.4 is 0 Å². The molecule has 0 radical (unpaired) electrons. The minimum atomic E-state index is -0.815. The van der Waals surface area contributed by atoms with E-state index in [1.807, 2.05) is 0 Å². The van der Waals surface area contributed by atoms with Crippen LogP contribution in [0.4, 0.5) is 0 Å². The van der Waals surface area contributed by atoms with Crippen LogP contribution in [0.3, 0.4) is 0 Å². The molecule has 0 aliphatic carbocycles. The van der Waals surface area contributed by atoms with E-state index in [-0.39, 0.29) is 37.5 Å². The lowest BCUT2D eigenvalue weighted by Crippen LogP contribution is -2.30. The van der Waals surface area contributed by atoms with Gasteiger partial charge in [-0.05, 0) is 103 Å². The number of rotatable bonds is 54. The second kappa shape index (κ2) is 60.6. The van der Waals surface area contributed by atoms with Gasteiger partial charge in [-0.1, -0.05) is 265 Å². The predicted molar refractivity (Wildman–Crippen MR) is 316 cm³/mol. The zero-order chi connectivity index (χ0) is 52.9. The second-order valence-electron chi connectivity index (χ2n) is 19.9. The molecule has 0 saturated heterocycles. The molecule has 1 atom stereocenters. The zero-order valence-corrected chi connectivity index (χ0v) is 47.6. The third-order valence-electron chi connectivity index (χ3n) is 12.8. The molecule has 0 saturated carbocycles. The van der Waals surface area contributed by atoms with E-state index in [0.717, 1.165) is 103 Å². The minimum Gasteiger partial charge on any atom is -0.462 e. The van der Waals surface area contributed by atoms with Crippen LogP contribution in [0, 0.1) is 0 Å². The molecule has 416 valence electrons. The molecular weight excluding hydrogens is 901 g/mol. The van der Waals surface area contributed by atoms with E-state index in [0.29, 0.717) is 19.3 Å². The van der Waals surface area contributed by atoms with Crippen LogP contribution in [0.1, 0.15) is 278 Å². The summed E-state index contributed by atoms with van der Waals surface area (Å²) in [6.45, 7) is 6.44. The lowest BCUT2D eigenvalue weighted by molar-refractivity contribution is -0.167. The Morgan fingerprint density at radius 2 is 0.548 bits per heavy atom. The van der Waals surface area contributed by atoms with Gasteiger partial charge in [-0.2, -0.15) is 0 Å². The molecule has 6 heteroatoms. The predicted octanol–water partition coefficient (Wildman–Crippen LogP) is 20.7. The molecule has 0 fully saturated rings. The Kier molecular flexibility index (Phi) is 57.4. The Morgan fingerprint density at radius 3 is 0.918 bits per heavy atom. The number of ether oxygens (including phenoxy) is 3. The summed E-state index contributed by atoms with van der Waals surface area (Å²) in [6.07, 6.45) is 82.3. The summed E-state index contributed by atoms with van der Waals surface area (Å²) in [5.74, 6) is -0.991. The minimum absolute atomic E-state index is 0.112. The van der Waals surface area contributed by atoms with Gasteiger partial charge in [0.25, 0.3) is 0 Å². The fourth-order valence-corrected chi connectivity index (χ4v) is 8.23. The van der Waals surface area contributed by atoms with E-state index in [4.69, 9.17) is 14.2 Å². The molecule has 0 amide bonds. The number of unbranched alkanes of at least 4 members (excludes halogenated alkanes) is 25. The summed E-state index contributed by atoms with van der Waals surface area (Å²) < 4.78 is 16.8. The first-order chi connectivity index (χ1) is 36.0. The van der Waals surface area contributed by atoms with Gasteiger partial charge in [0.15, 0.2) is 6.10 Å². The van der Waals surface area contributed by atoms with Gasteiger partial charge >= 0.3 is 17.9 Å². The number of allylic oxidation sites excluding steroid dienone is 18. The molecule has 0 aromatic rings. The summed E-state index contributed by atoms with van der Waals surface area (Å²) in [4.78, 5) is 38.2. The van der Waals surface area contributed by atoms with Gasteiger partial charge in [-0.15, -0.1) is 0 Å². The van der Waals surface area contributed by atoms with Gasteiger partial charge in [0.1, 0.15) is 13.2 Å². The van der Waals surface area contributed by atoms with Gasteiger partial charge < -0.3 is 14.2 Å². The number of hydrogen-bond acceptors (Lipinski definition) is 6. The highest BCUT2D eigenvalue weighted by Gasteiger charge is 2.19. The van der Waals surface area contributed by atoms with E-state index in [1.165, 1.54) is 128 Å². The van der Waals surface area contributed by atoms with Crippen LogP contribution in [0.5, 0.6) is 0 Å². The molecule has 6 nitrogen and oxygen atoms in total. The monoisotopic (exact) mass is 1010 g/mol. The lowest BCUT2D eigenvalue weighted by Gasteiger charge is -2.18. The van der Waals surface area contributed by atoms with E-state index in [1.54, 1.807) is 0 Å². The largest absolute Gasteiger partial charge is 0.462 e. The molecule has 0 aliphatic heterocycles. The summed E-state index contributed by atoms with van der Waals surface area (Å²) >= 11 is 0. The highest BCUT2D eigenvalue weighted by Crippen LogP contribution is 2.16. The van der Waals surface area contributed by atoms with Crippen LogP contribution in [-0.4, -0.2) is 37.2 Å². The average Bonchev–Trinajstić information content (AvgIpc) is 3.39. The number of carbonyl (C=O) groups is 3. The first-order valence-corrected chi connectivity index (χ1v) is 30.4. The van der Waals surface area contributed by atoms with Crippen molar-refractivity contribution in [2.45, 2.75) is 284 Å². The van der Waals surface area contributed by atoms with Gasteiger partial charge in [-0.3, -0.25) is 14.4 Å². The molecule has 0 rings (SSSR count). The maximum absolute atomic E-state index is 12.9. The molecule has 0 N–H and O–H groups in total. The molecule has 0 heterocycles. The van der Waals surface area contributed by atoms with Crippen LogP contribution in [0.2, 0.25) is 0 Å². The van der Waals surface area contributed by atoms with Crippen LogP contribution in [0.15, 0.2) is 109 Å². The van der Waals surface area contributed by atoms with Gasteiger partial charge in [0.2, 0.25) is 0 Å². The van der Waals surface area contributed by atoms with Crippen molar-refractivity contribution in [3.63, 3.8) is 0 Å². The first-order valence-electron chi connectivity index (χ1n) is 30.4. The topological polar surface area (TPSA) is 78.9 Å². The fraction of sp³-hybridized carbons (Fsp3) is 0.687. The van der Waals surface area contributed by atoms with Crippen LogP contribution in [0.25, 0.3) is 0 Å². The van der Waals surface area contributed by atoms with E-state index in [2.05, 4.69) is 130 Å². The van der Waals surface area contributed by atoms with Gasteiger partial charge in [-0.25, -0.2) is 0 Å². The molecular formula is C67H112O6. The molecule has 0 aromatic heterocycles. The molecule has 0 aliphatic rings. The van der Waals surface area contributed by atoms with E-state index in [9.17, 15) is 14.4 Å². The number of carbonyl (C=O) groups excluding carboxylic acids is 3. The third kappa shape index (κ3) is 58.8. The molecule has 0 bridgehead atoms. The Hall–Kier alpha value is -3.93. The summed E-state index contributed by atoms with van der Waals surface area (Å²) in [5.41, 5.74) is 0. The number of esters is 3. The smallest absolute Gasteiger partial charge is 0.306 e. The summed E-state index contributed by atoms with van der Waals surface area (Å²) in [5, 5.41) is 0. The van der Waals surface area contributed by atoms with Gasteiger partial charge in [0.05, 0.1) is 0 Å². The maximum Gasteiger partial charge on any atom is 0.306 e. The zero-order valence-electron chi connectivity index (χ0n) is 47.6. The van der Waals surface area contributed by atoms with Crippen molar-refractivity contribution in [2.75, 3.05) is 13.2 Å². The second-order valence-corrected chi connectivity index (χ2v) is 19.9. The molecule has 1 unspecified atom stereocenters. The van der Waals surface area contributed by atoms with Crippen LogP contribution >= 0.6 is 0 Å². The molecule has 73 heavy (non-hydrogen) atoms. The van der Waals surface area contributed by atoms with Crippen molar-refractivity contribution in [3.05, 3.63) is 109 Å². The highest BCUT2D eigenvalue weighted by molar-refractivity contribution is 5.71. The van der Waals surface area contributed by atoms with Crippen LogP contribution in [-0.2, 0) is 28.6 Å². The quantitative estimate of drug-likeness (QED) is 0.0261. The average molecular weight is 1010 g/mol. The fourth-order valence-electron chi connectivity index (χ4n) is 8.23. The normalized spacial score (nSPS) is 12.9. The SMILES string of the molecule is CC/C=C\C/C=C\C/C=C\C/C=C\C/C=C\CCCCCC(=O)OCC(COC(=O)CCC/C=C\C/C=C\C/C=C\C/C=C\CCCCC)OC(=O)CCCCCCCCCCCCCCCCCCCCC. The Labute approximate surface area is 450 Å². The van der Waals surface area contributed by atoms with Crippen molar-refractivity contribution in [2.24, 2.45) is 0 Å². The van der Waals surface area contributed by atoms with Crippen molar-refractivity contribution >= 4 is 17.9 Å². The van der Waals surface area contributed by atoms with Crippen molar-refractivity contribution < 1.29 is 28.6 Å². The standard InChI is InChI=1S/C67H112O6/c1-4-7-10-13-16-19-22-25-28-31-33-36-39-42-45-48-51-54-57-60-66(69)72-63-64(62-71-65(68)59-56-53-50-47-44-41-38-35-30-27-24-21-18-15-12-9-6-3)73-67(70)61-58-55-52-49-46-43-40-37-34-32-29-26-23-20-17-14-11-8-5-2/h7,10,16,18-19,21,25,27-28,30,33,36,38,41-42,45,47,50,64H,4-6,8-9,11-15,17,20,22-24,26,29,31-32,34-35,37,39-40,43-44,46,48-49,51-63H2,1-3H3/b10-7-,19-16-,21-18-,28-25-,30-27-,36-33-,41-38-,45-42-,50-47-. The summed E-state index contributed by atoms with van der Waals surface area (Å²) in [6, 6.07) is 0. The Bertz CT molecular complexity index is 1490. The Balaban J connectivity index is 4.51. The maximum atomic E-state index is 12.9. The molecule has 0 spiro atoms. The van der Waals surface area contributed by atoms with Crippen molar-refractivity contribution in [1.82, 2.24) is 0 Å². The molecule has 0 aromatic carbocycles. The van der Waals surface area contributed by atoms with E-state index >= 15 is 0 Å². The summed E-state index contributed by atoms with van der Waals surface area (Å²) in [7, 11) is 0. The lowest BCUT2D eigenvalue weighted by atomic mass is 10.0. The first kappa shape index (κ1) is 69.1. The van der Waals surface area contributed by atoms with E-state index < -0.39 is 6.10 Å². The van der Waals surface area contributed by atoms with Crippen molar-refractivity contribution in [1.29, 1.82) is 0 Å². The van der Waals surface area contributed by atoms with Crippen molar-refractivity contribution in [3.8, 4) is 0 Å². The number of hydrogen-bond donors (Lipinski definition) is 0. The third-order valence-corrected chi connectivity index (χ3v) is 12.8. The Morgan fingerprint density at radius 1 is 0.288 bits per heavy atom. The highest BCUT2D eigenvalue weighted by atomic mass is 16.6.